The molecule has 2 aromatic rings. The zero-order chi connectivity index (χ0) is 13.8. The van der Waals surface area contributed by atoms with E-state index in [0.717, 1.165) is 24.1 Å². The Bertz CT molecular complexity index is 628. The third kappa shape index (κ3) is 2.58. The molecular formula is C12H14N6S. The zero-order valence-corrected chi connectivity index (χ0v) is 11.9. The van der Waals surface area contributed by atoms with Gasteiger partial charge < -0.3 is 4.57 Å². The van der Waals surface area contributed by atoms with Crippen LogP contribution in [0.15, 0.2) is 16.5 Å². The van der Waals surface area contributed by atoms with E-state index < -0.39 is 0 Å². The molecule has 2 aromatic heterocycles. The highest BCUT2D eigenvalue weighted by atomic mass is 32.2. The predicted molar refractivity (Wildman–Crippen MR) is 70.6 cm³/mol. The summed E-state index contributed by atoms with van der Waals surface area (Å²) < 4.78 is 1.78. The maximum Gasteiger partial charge on any atom is 0.197 e. The Kier molecular flexibility index (Phi) is 4.12. The van der Waals surface area contributed by atoms with Crippen LogP contribution in [-0.4, -0.2) is 25.0 Å². The van der Waals surface area contributed by atoms with Crippen LogP contribution in [0.5, 0.6) is 0 Å². The molecule has 0 aliphatic rings. The lowest BCUT2D eigenvalue weighted by Gasteiger charge is -2.09. The highest BCUT2D eigenvalue weighted by Crippen LogP contribution is 2.28. The number of aryl methyl sites for hydroxylation is 2. The molecule has 0 fully saturated rings. The number of aromatic nitrogens is 5. The SMILES string of the molecule is CCc1nnc(Sc2nncn2C)c(C#N)c1CC. The maximum atomic E-state index is 9.37. The van der Waals surface area contributed by atoms with Crippen molar-refractivity contribution >= 4 is 11.8 Å². The van der Waals surface area contributed by atoms with E-state index >= 15 is 0 Å². The molecule has 0 bridgehead atoms. The summed E-state index contributed by atoms with van der Waals surface area (Å²) in [5.41, 5.74) is 2.47. The summed E-state index contributed by atoms with van der Waals surface area (Å²) in [4.78, 5) is 0. The molecule has 0 saturated carbocycles. The highest BCUT2D eigenvalue weighted by molar-refractivity contribution is 7.99. The Hall–Kier alpha value is -1.94. The van der Waals surface area contributed by atoms with Crippen molar-refractivity contribution in [3.8, 4) is 6.07 Å². The largest absolute Gasteiger partial charge is 0.311 e. The molecule has 0 atom stereocenters. The monoisotopic (exact) mass is 274 g/mol. The summed E-state index contributed by atoms with van der Waals surface area (Å²) in [6, 6.07) is 2.24. The smallest absolute Gasteiger partial charge is 0.197 e. The van der Waals surface area contributed by atoms with Crippen LogP contribution in [0.2, 0.25) is 0 Å². The van der Waals surface area contributed by atoms with Crippen LogP contribution in [0.1, 0.15) is 30.7 Å². The second kappa shape index (κ2) is 5.80. The van der Waals surface area contributed by atoms with Gasteiger partial charge in [0.15, 0.2) is 5.16 Å². The summed E-state index contributed by atoms with van der Waals surface area (Å²) in [6.07, 6.45) is 3.16. The van der Waals surface area contributed by atoms with Crippen LogP contribution in [0, 0.1) is 11.3 Å². The molecular weight excluding hydrogens is 260 g/mol. The minimum Gasteiger partial charge on any atom is -0.311 e. The van der Waals surface area contributed by atoms with E-state index in [0.29, 0.717) is 15.7 Å². The van der Waals surface area contributed by atoms with Crippen LogP contribution in [0.3, 0.4) is 0 Å². The molecule has 0 spiro atoms. The van der Waals surface area contributed by atoms with Crippen LogP contribution in [0.25, 0.3) is 0 Å². The zero-order valence-electron chi connectivity index (χ0n) is 11.1. The molecule has 2 heterocycles. The fraction of sp³-hybridized carbons (Fsp3) is 0.417. The summed E-state index contributed by atoms with van der Waals surface area (Å²) in [7, 11) is 1.85. The quantitative estimate of drug-likeness (QED) is 0.845. The maximum absolute atomic E-state index is 9.37. The van der Waals surface area contributed by atoms with Gasteiger partial charge in [-0.25, -0.2) is 0 Å². The first-order chi connectivity index (χ1) is 9.21. The van der Waals surface area contributed by atoms with Gasteiger partial charge in [0, 0.05) is 7.05 Å². The fourth-order valence-electron chi connectivity index (χ4n) is 1.79. The van der Waals surface area contributed by atoms with Crippen molar-refractivity contribution < 1.29 is 0 Å². The lowest BCUT2D eigenvalue weighted by molar-refractivity contribution is 0.777. The van der Waals surface area contributed by atoms with Crippen LogP contribution in [0.4, 0.5) is 0 Å². The fourth-order valence-corrected chi connectivity index (χ4v) is 2.60. The Morgan fingerprint density at radius 3 is 2.58 bits per heavy atom. The molecule has 2 rings (SSSR count). The van der Waals surface area contributed by atoms with Crippen molar-refractivity contribution in [3.05, 3.63) is 23.1 Å². The average Bonchev–Trinajstić information content (AvgIpc) is 2.83. The van der Waals surface area contributed by atoms with Crippen LogP contribution in [-0.2, 0) is 19.9 Å². The van der Waals surface area contributed by atoms with Crippen molar-refractivity contribution in [2.24, 2.45) is 7.05 Å². The molecule has 7 heteroatoms. The van der Waals surface area contributed by atoms with Gasteiger partial charge in [0.25, 0.3) is 0 Å². The van der Waals surface area contributed by atoms with Crippen LogP contribution >= 0.6 is 11.8 Å². The number of hydrogen-bond donors (Lipinski definition) is 0. The predicted octanol–water partition coefficient (Wildman–Crippen LogP) is 1.75. The molecule has 0 aliphatic heterocycles. The van der Waals surface area contributed by atoms with E-state index in [1.165, 1.54) is 11.8 Å². The summed E-state index contributed by atoms with van der Waals surface area (Å²) >= 11 is 1.31. The molecule has 0 saturated heterocycles. The Labute approximate surface area is 115 Å². The van der Waals surface area contributed by atoms with Crippen molar-refractivity contribution in [2.45, 2.75) is 36.9 Å². The van der Waals surface area contributed by atoms with E-state index in [1.54, 1.807) is 10.9 Å². The van der Waals surface area contributed by atoms with Gasteiger partial charge in [-0.15, -0.1) is 15.3 Å². The molecule has 98 valence electrons. The second-order valence-electron chi connectivity index (χ2n) is 3.95. The van der Waals surface area contributed by atoms with Gasteiger partial charge in [0.05, 0.1) is 11.3 Å². The molecule has 0 unspecified atom stereocenters. The van der Waals surface area contributed by atoms with Gasteiger partial charge in [-0.2, -0.15) is 10.4 Å². The molecule has 19 heavy (non-hydrogen) atoms. The molecule has 6 nitrogen and oxygen atoms in total. The minimum absolute atomic E-state index is 0.590. The van der Waals surface area contributed by atoms with Gasteiger partial charge >= 0.3 is 0 Å². The van der Waals surface area contributed by atoms with Crippen molar-refractivity contribution in [2.75, 3.05) is 0 Å². The van der Waals surface area contributed by atoms with Crippen molar-refractivity contribution in [1.29, 1.82) is 5.26 Å². The van der Waals surface area contributed by atoms with E-state index in [9.17, 15) is 5.26 Å². The van der Waals surface area contributed by atoms with Gasteiger partial charge in [-0.05, 0) is 30.2 Å². The number of nitrogens with zero attached hydrogens (tertiary/aromatic N) is 6. The summed E-state index contributed by atoms with van der Waals surface area (Å²) in [6.45, 7) is 4.04. The molecule has 0 aromatic carbocycles. The Balaban J connectivity index is 2.47. The van der Waals surface area contributed by atoms with E-state index in [2.05, 4.69) is 26.5 Å². The highest BCUT2D eigenvalue weighted by Gasteiger charge is 2.16. The first-order valence-electron chi connectivity index (χ1n) is 6.01. The third-order valence-electron chi connectivity index (χ3n) is 2.78. The van der Waals surface area contributed by atoms with Gasteiger partial charge in [-0.3, -0.25) is 0 Å². The molecule has 0 N–H and O–H groups in total. The summed E-state index contributed by atoms with van der Waals surface area (Å²) in [5.74, 6) is 0. The number of hydrogen-bond acceptors (Lipinski definition) is 6. The van der Waals surface area contributed by atoms with E-state index in [1.807, 2.05) is 20.9 Å². The minimum atomic E-state index is 0.590. The molecule has 0 amide bonds. The van der Waals surface area contributed by atoms with Crippen molar-refractivity contribution in [3.63, 3.8) is 0 Å². The Morgan fingerprint density at radius 1 is 1.26 bits per heavy atom. The van der Waals surface area contributed by atoms with Crippen molar-refractivity contribution in [1.82, 2.24) is 25.0 Å². The first-order valence-corrected chi connectivity index (χ1v) is 6.83. The van der Waals surface area contributed by atoms with E-state index in [4.69, 9.17) is 0 Å². The van der Waals surface area contributed by atoms with E-state index in [-0.39, 0.29) is 0 Å². The first kappa shape index (κ1) is 13.5. The lowest BCUT2D eigenvalue weighted by Crippen LogP contribution is -2.05. The molecule has 0 aliphatic carbocycles. The summed E-state index contributed by atoms with van der Waals surface area (Å²) in [5, 5.41) is 26.8. The lowest BCUT2D eigenvalue weighted by atomic mass is 10.1. The number of nitriles is 1. The average molecular weight is 274 g/mol. The number of rotatable bonds is 4. The Morgan fingerprint density at radius 2 is 2.05 bits per heavy atom. The van der Waals surface area contributed by atoms with Crippen LogP contribution < -0.4 is 0 Å². The third-order valence-corrected chi connectivity index (χ3v) is 3.81. The standard InChI is InChI=1S/C12H14N6S/c1-4-8-9(6-13)11(16-15-10(8)5-2)19-12-17-14-7-18(12)3/h7H,4-5H2,1-3H3. The van der Waals surface area contributed by atoms with Gasteiger partial charge in [0.1, 0.15) is 17.4 Å². The van der Waals surface area contributed by atoms with Gasteiger partial charge in [0.2, 0.25) is 0 Å². The normalized spacial score (nSPS) is 10.4. The topological polar surface area (TPSA) is 80.3 Å². The second-order valence-corrected chi connectivity index (χ2v) is 4.91. The molecule has 0 radical (unpaired) electrons. The van der Waals surface area contributed by atoms with Gasteiger partial charge in [-0.1, -0.05) is 13.8 Å².